The van der Waals surface area contributed by atoms with E-state index in [4.69, 9.17) is 0 Å². The number of benzene rings is 1. The van der Waals surface area contributed by atoms with Gasteiger partial charge in [-0.15, -0.1) is 0 Å². The smallest absolute Gasteiger partial charge is 0.270 e. The van der Waals surface area contributed by atoms with Gasteiger partial charge in [0.2, 0.25) is 0 Å². The molecular formula is C14H18BrN3O3. The quantitative estimate of drug-likeness (QED) is 0.603. The van der Waals surface area contributed by atoms with Crippen molar-refractivity contribution in [3.8, 4) is 0 Å². The number of halogens is 1. The molecule has 0 aromatic heterocycles. The van der Waals surface area contributed by atoms with Crippen LogP contribution in [0.2, 0.25) is 0 Å². The van der Waals surface area contributed by atoms with E-state index in [2.05, 4.69) is 34.7 Å². The lowest BCUT2D eigenvalue weighted by Gasteiger charge is -2.45. The van der Waals surface area contributed by atoms with Gasteiger partial charge in [-0.25, -0.2) is 0 Å². The Hall–Kier alpha value is -1.47. The molecule has 0 radical (unpaired) electrons. The summed E-state index contributed by atoms with van der Waals surface area (Å²) in [5, 5.41) is 10.9. The van der Waals surface area contributed by atoms with Crippen molar-refractivity contribution in [2.24, 2.45) is 0 Å². The minimum atomic E-state index is -0.489. The minimum Gasteiger partial charge on any atom is -0.335 e. The van der Waals surface area contributed by atoms with Crippen molar-refractivity contribution < 1.29 is 9.72 Å². The maximum absolute atomic E-state index is 12.6. The summed E-state index contributed by atoms with van der Waals surface area (Å²) in [6, 6.07) is 4.26. The summed E-state index contributed by atoms with van der Waals surface area (Å²) in [5.74, 6) is -0.174. The third-order valence-corrected chi connectivity index (χ3v) is 4.69. The van der Waals surface area contributed by atoms with Crippen molar-refractivity contribution in [2.45, 2.75) is 19.4 Å². The van der Waals surface area contributed by atoms with Crippen LogP contribution in [0, 0.1) is 10.1 Å². The maximum atomic E-state index is 12.6. The van der Waals surface area contributed by atoms with Gasteiger partial charge in [0.1, 0.15) is 0 Å². The molecule has 6 nitrogen and oxygen atoms in total. The van der Waals surface area contributed by atoms with Gasteiger partial charge >= 0.3 is 0 Å². The van der Waals surface area contributed by atoms with Crippen molar-refractivity contribution in [2.75, 3.05) is 26.7 Å². The zero-order valence-electron chi connectivity index (χ0n) is 12.3. The second kappa shape index (κ2) is 5.73. The van der Waals surface area contributed by atoms with E-state index < -0.39 is 4.92 Å². The molecule has 7 heteroatoms. The van der Waals surface area contributed by atoms with Crippen LogP contribution in [-0.4, -0.2) is 52.9 Å². The zero-order valence-corrected chi connectivity index (χ0v) is 13.9. The van der Waals surface area contributed by atoms with E-state index in [1.807, 2.05) is 7.05 Å². The highest BCUT2D eigenvalue weighted by Crippen LogP contribution is 2.26. The molecule has 0 N–H and O–H groups in total. The second-order valence-electron chi connectivity index (χ2n) is 5.88. The van der Waals surface area contributed by atoms with Gasteiger partial charge < -0.3 is 4.90 Å². The highest BCUT2D eigenvalue weighted by molar-refractivity contribution is 9.10. The monoisotopic (exact) mass is 355 g/mol. The number of hydrogen-bond acceptors (Lipinski definition) is 4. The average molecular weight is 356 g/mol. The summed E-state index contributed by atoms with van der Waals surface area (Å²) in [6.07, 6.45) is 0. The molecule has 0 atom stereocenters. The molecule has 0 unspecified atom stereocenters. The van der Waals surface area contributed by atoms with Crippen molar-refractivity contribution in [1.82, 2.24) is 9.80 Å². The molecule has 0 aliphatic carbocycles. The summed E-state index contributed by atoms with van der Waals surface area (Å²) in [7, 11) is 2.03. The first-order valence-corrected chi connectivity index (χ1v) is 7.46. The number of nitrogens with zero attached hydrogens (tertiary/aromatic N) is 3. The lowest BCUT2D eigenvalue weighted by molar-refractivity contribution is -0.384. The van der Waals surface area contributed by atoms with Crippen LogP contribution in [0.1, 0.15) is 24.2 Å². The number of carbonyl (C=O) groups excluding carboxylic acids is 1. The Morgan fingerprint density at radius 3 is 2.62 bits per heavy atom. The van der Waals surface area contributed by atoms with E-state index in [0.29, 0.717) is 23.1 Å². The van der Waals surface area contributed by atoms with Crippen LogP contribution < -0.4 is 0 Å². The normalized spacial score (nSPS) is 18.6. The Morgan fingerprint density at radius 2 is 2.05 bits per heavy atom. The fourth-order valence-corrected chi connectivity index (χ4v) is 2.79. The lowest BCUT2D eigenvalue weighted by Crippen LogP contribution is -2.58. The van der Waals surface area contributed by atoms with Gasteiger partial charge in [0.05, 0.1) is 10.5 Å². The summed E-state index contributed by atoms with van der Waals surface area (Å²) in [6.45, 7) is 6.15. The first-order valence-electron chi connectivity index (χ1n) is 6.67. The summed E-state index contributed by atoms with van der Waals surface area (Å²) in [4.78, 5) is 27.0. The van der Waals surface area contributed by atoms with Crippen molar-refractivity contribution in [3.05, 3.63) is 38.3 Å². The predicted octanol–water partition coefficient (Wildman–Crippen LogP) is 2.52. The highest BCUT2D eigenvalue weighted by Gasteiger charge is 2.34. The maximum Gasteiger partial charge on any atom is 0.270 e. The van der Waals surface area contributed by atoms with Crippen molar-refractivity contribution >= 4 is 27.5 Å². The van der Waals surface area contributed by atoms with E-state index in [0.717, 1.165) is 6.54 Å². The zero-order chi connectivity index (χ0) is 15.8. The first kappa shape index (κ1) is 15.9. The molecule has 0 bridgehead atoms. The van der Waals surface area contributed by atoms with E-state index in [1.54, 1.807) is 11.0 Å². The number of hydrogen-bond donors (Lipinski definition) is 0. The molecule has 114 valence electrons. The fraction of sp³-hybridized carbons (Fsp3) is 0.500. The number of carbonyl (C=O) groups is 1. The summed E-state index contributed by atoms with van der Waals surface area (Å²) < 4.78 is 0.579. The average Bonchev–Trinajstić information content (AvgIpc) is 2.41. The second-order valence-corrected chi connectivity index (χ2v) is 6.74. The van der Waals surface area contributed by atoms with Gasteiger partial charge in [0.15, 0.2) is 0 Å². The molecule has 1 aliphatic heterocycles. The Balaban J connectivity index is 2.28. The van der Waals surface area contributed by atoms with E-state index in [-0.39, 0.29) is 17.1 Å². The van der Waals surface area contributed by atoms with Gasteiger partial charge in [-0.1, -0.05) is 0 Å². The standard InChI is InChI=1S/C14H18BrN3O3/c1-14(2)9-17(7-6-16(14)3)13(19)11-8-10(18(20)21)4-5-12(11)15/h4-5,8H,6-7,9H2,1-3H3. The number of non-ortho nitro benzene ring substituents is 1. The largest absolute Gasteiger partial charge is 0.335 e. The van der Waals surface area contributed by atoms with Crippen molar-refractivity contribution in [3.63, 3.8) is 0 Å². The summed E-state index contributed by atoms with van der Waals surface area (Å²) >= 11 is 3.31. The molecule has 1 saturated heterocycles. The number of nitro benzene ring substituents is 1. The number of rotatable bonds is 2. The third kappa shape index (κ3) is 3.24. The molecule has 1 heterocycles. The van der Waals surface area contributed by atoms with Gasteiger partial charge in [0.25, 0.3) is 11.6 Å². The van der Waals surface area contributed by atoms with Crippen LogP contribution in [-0.2, 0) is 0 Å². The molecule has 2 rings (SSSR count). The number of nitro groups is 1. The molecule has 1 aliphatic rings. The Morgan fingerprint density at radius 1 is 1.38 bits per heavy atom. The molecular weight excluding hydrogens is 338 g/mol. The van der Waals surface area contributed by atoms with Crippen LogP contribution in [0.4, 0.5) is 5.69 Å². The number of likely N-dealkylation sites (N-methyl/N-ethyl adjacent to an activating group) is 1. The molecule has 1 fully saturated rings. The van der Waals surface area contributed by atoms with Gasteiger partial charge in [0, 0.05) is 41.8 Å². The molecule has 0 spiro atoms. The van der Waals surface area contributed by atoms with Crippen LogP contribution in [0.15, 0.2) is 22.7 Å². The topological polar surface area (TPSA) is 66.7 Å². The SMILES string of the molecule is CN1CCN(C(=O)c2cc([N+](=O)[O-])ccc2Br)CC1(C)C. The number of piperazine rings is 1. The van der Waals surface area contributed by atoms with Gasteiger partial charge in [-0.3, -0.25) is 19.8 Å². The van der Waals surface area contributed by atoms with Crippen LogP contribution >= 0.6 is 15.9 Å². The van der Waals surface area contributed by atoms with Crippen LogP contribution in [0.25, 0.3) is 0 Å². The molecule has 1 amide bonds. The van der Waals surface area contributed by atoms with E-state index >= 15 is 0 Å². The van der Waals surface area contributed by atoms with E-state index in [9.17, 15) is 14.9 Å². The van der Waals surface area contributed by atoms with Gasteiger partial charge in [-0.05, 0) is 42.9 Å². The molecule has 1 aromatic carbocycles. The lowest BCUT2D eigenvalue weighted by atomic mass is 9.99. The van der Waals surface area contributed by atoms with Crippen molar-refractivity contribution in [1.29, 1.82) is 0 Å². The Bertz CT molecular complexity index is 589. The predicted molar refractivity (Wildman–Crippen MR) is 83.4 cm³/mol. The fourth-order valence-electron chi connectivity index (χ4n) is 2.37. The molecule has 0 saturated carbocycles. The van der Waals surface area contributed by atoms with Crippen LogP contribution in [0.3, 0.4) is 0 Å². The number of amides is 1. The minimum absolute atomic E-state index is 0.0741. The van der Waals surface area contributed by atoms with Gasteiger partial charge in [-0.2, -0.15) is 0 Å². The molecule has 1 aromatic rings. The molecule has 21 heavy (non-hydrogen) atoms. The first-order chi connectivity index (χ1) is 9.72. The Kier molecular flexibility index (Phi) is 4.34. The van der Waals surface area contributed by atoms with E-state index in [1.165, 1.54) is 12.1 Å². The summed E-state index contributed by atoms with van der Waals surface area (Å²) in [5.41, 5.74) is 0.153. The third-order valence-electron chi connectivity index (χ3n) is 3.99. The Labute approximate surface area is 132 Å². The highest BCUT2D eigenvalue weighted by atomic mass is 79.9. The van der Waals surface area contributed by atoms with Crippen LogP contribution in [0.5, 0.6) is 0 Å².